The molecule has 1 N–H and O–H groups in total. The van der Waals surface area contributed by atoms with Gasteiger partial charge in [0.15, 0.2) is 5.16 Å². The van der Waals surface area contributed by atoms with Gasteiger partial charge in [-0.05, 0) is 36.8 Å². The maximum absolute atomic E-state index is 12.8. The molecule has 2 saturated carbocycles. The Bertz CT molecular complexity index is 941. The largest absolute Gasteiger partial charge is 0.344 e. The van der Waals surface area contributed by atoms with Crippen molar-refractivity contribution in [2.75, 3.05) is 5.75 Å². The molecule has 0 spiro atoms. The van der Waals surface area contributed by atoms with Crippen molar-refractivity contribution in [1.29, 1.82) is 0 Å². The number of hydrogen-bond donors (Lipinski definition) is 1. The number of nitrogens with one attached hydrogen (secondary N) is 1. The molecule has 2 aliphatic carbocycles. The van der Waals surface area contributed by atoms with Crippen molar-refractivity contribution < 1.29 is 4.79 Å². The number of aromatic nitrogens is 3. The van der Waals surface area contributed by atoms with E-state index in [0.29, 0.717) is 17.7 Å². The normalized spacial score (nSPS) is 16.2. The van der Waals surface area contributed by atoms with Crippen molar-refractivity contribution in [2.45, 2.75) is 48.8 Å². The zero-order valence-corrected chi connectivity index (χ0v) is 17.0. The van der Waals surface area contributed by atoms with Crippen LogP contribution in [0.2, 0.25) is 0 Å². The lowest BCUT2D eigenvalue weighted by atomic mass is 9.99. The Morgan fingerprint density at radius 3 is 2.14 bits per heavy atom. The molecule has 0 saturated heterocycles. The predicted octanol–water partition coefficient (Wildman–Crippen LogP) is 4.49. The van der Waals surface area contributed by atoms with Crippen LogP contribution in [0.25, 0.3) is 0 Å². The summed E-state index contributed by atoms with van der Waals surface area (Å²) >= 11 is 1.50. The second-order valence-electron chi connectivity index (χ2n) is 7.83. The Balaban J connectivity index is 1.29. The third-order valence-electron chi connectivity index (χ3n) is 5.45. The Morgan fingerprint density at radius 2 is 1.59 bits per heavy atom. The first-order chi connectivity index (χ1) is 14.3. The van der Waals surface area contributed by atoms with Gasteiger partial charge in [0, 0.05) is 12.0 Å². The molecule has 2 fully saturated rings. The standard InChI is InChI=1S/C23H24N4OS/c28-20(15-29-23-26-25-22(18-11-12-18)27(23)19-13-14-19)24-21(16-7-3-1-4-8-16)17-9-5-2-6-10-17/h1-10,18-19,21H,11-15H2,(H,24,28). The number of benzene rings is 2. The van der Waals surface area contributed by atoms with Gasteiger partial charge in [0.2, 0.25) is 5.91 Å². The van der Waals surface area contributed by atoms with Crippen molar-refractivity contribution in [3.63, 3.8) is 0 Å². The summed E-state index contributed by atoms with van der Waals surface area (Å²) in [5, 5.41) is 12.9. The van der Waals surface area contributed by atoms with Gasteiger partial charge >= 0.3 is 0 Å². The van der Waals surface area contributed by atoms with E-state index in [4.69, 9.17) is 0 Å². The first kappa shape index (κ1) is 18.4. The average molecular weight is 405 g/mol. The SMILES string of the molecule is O=C(CSc1nnc(C2CC2)n1C1CC1)NC(c1ccccc1)c1ccccc1. The second kappa shape index (κ2) is 8.03. The van der Waals surface area contributed by atoms with Gasteiger partial charge in [-0.1, -0.05) is 72.4 Å². The summed E-state index contributed by atoms with van der Waals surface area (Å²) in [5.41, 5.74) is 2.16. The summed E-state index contributed by atoms with van der Waals surface area (Å²) in [5.74, 6) is 2.05. The molecule has 0 atom stereocenters. The van der Waals surface area contributed by atoms with Crippen LogP contribution >= 0.6 is 11.8 Å². The molecule has 0 radical (unpaired) electrons. The third-order valence-corrected chi connectivity index (χ3v) is 6.39. The fourth-order valence-electron chi connectivity index (χ4n) is 3.67. The molecule has 5 rings (SSSR count). The summed E-state index contributed by atoms with van der Waals surface area (Å²) in [7, 11) is 0. The van der Waals surface area contributed by atoms with Crippen molar-refractivity contribution in [2.24, 2.45) is 0 Å². The highest BCUT2D eigenvalue weighted by Gasteiger charge is 2.36. The van der Waals surface area contributed by atoms with Gasteiger partial charge in [0.25, 0.3) is 0 Å². The van der Waals surface area contributed by atoms with Crippen LogP contribution in [0.3, 0.4) is 0 Å². The Labute approximate surface area is 174 Å². The van der Waals surface area contributed by atoms with Crippen LogP contribution in [-0.2, 0) is 4.79 Å². The van der Waals surface area contributed by atoms with E-state index in [-0.39, 0.29) is 11.9 Å². The van der Waals surface area contributed by atoms with E-state index in [1.807, 2.05) is 36.4 Å². The quantitative estimate of drug-likeness (QED) is 0.562. The topological polar surface area (TPSA) is 59.8 Å². The molecule has 3 aromatic rings. The summed E-state index contributed by atoms with van der Waals surface area (Å²) in [6, 6.07) is 20.6. The number of carbonyl (C=O) groups is 1. The van der Waals surface area contributed by atoms with Crippen LogP contribution in [-0.4, -0.2) is 26.4 Å². The molecule has 6 heteroatoms. The van der Waals surface area contributed by atoms with Gasteiger partial charge in [-0.3, -0.25) is 4.79 Å². The summed E-state index contributed by atoms with van der Waals surface area (Å²) in [6.07, 6.45) is 4.82. The number of carbonyl (C=O) groups excluding carboxylic acids is 1. The lowest BCUT2D eigenvalue weighted by Crippen LogP contribution is -2.30. The minimum Gasteiger partial charge on any atom is -0.344 e. The highest BCUT2D eigenvalue weighted by Crippen LogP contribution is 2.46. The van der Waals surface area contributed by atoms with Gasteiger partial charge in [-0.15, -0.1) is 10.2 Å². The molecule has 1 amide bonds. The number of amides is 1. The van der Waals surface area contributed by atoms with E-state index < -0.39 is 0 Å². The molecule has 148 valence electrons. The van der Waals surface area contributed by atoms with Crippen LogP contribution in [0, 0.1) is 0 Å². The van der Waals surface area contributed by atoms with Crippen molar-refractivity contribution in [1.82, 2.24) is 20.1 Å². The van der Waals surface area contributed by atoms with E-state index in [2.05, 4.69) is 44.3 Å². The van der Waals surface area contributed by atoms with Gasteiger partial charge in [-0.25, -0.2) is 0 Å². The van der Waals surface area contributed by atoms with Crippen molar-refractivity contribution >= 4 is 17.7 Å². The van der Waals surface area contributed by atoms with E-state index >= 15 is 0 Å². The van der Waals surface area contributed by atoms with E-state index in [1.54, 1.807) is 0 Å². The molecular weight excluding hydrogens is 380 g/mol. The molecule has 1 heterocycles. The number of thioether (sulfide) groups is 1. The molecule has 0 unspecified atom stereocenters. The van der Waals surface area contributed by atoms with Crippen LogP contribution in [0.5, 0.6) is 0 Å². The minimum atomic E-state index is -0.158. The molecule has 5 nitrogen and oxygen atoms in total. The van der Waals surface area contributed by atoms with Gasteiger partial charge < -0.3 is 9.88 Å². The van der Waals surface area contributed by atoms with E-state index in [1.165, 1.54) is 37.4 Å². The molecule has 0 aliphatic heterocycles. The summed E-state index contributed by atoms with van der Waals surface area (Å²) < 4.78 is 2.29. The molecule has 29 heavy (non-hydrogen) atoms. The Hall–Kier alpha value is -2.60. The molecule has 2 aromatic carbocycles. The van der Waals surface area contributed by atoms with E-state index in [0.717, 1.165) is 22.1 Å². The first-order valence-corrected chi connectivity index (χ1v) is 11.2. The average Bonchev–Trinajstić information content (AvgIpc) is 3.70. The maximum Gasteiger partial charge on any atom is 0.231 e. The smallest absolute Gasteiger partial charge is 0.231 e. The zero-order valence-electron chi connectivity index (χ0n) is 16.2. The van der Waals surface area contributed by atoms with Crippen molar-refractivity contribution in [3.8, 4) is 0 Å². The monoisotopic (exact) mass is 404 g/mol. The van der Waals surface area contributed by atoms with Crippen LogP contribution in [0.15, 0.2) is 65.8 Å². The molecule has 0 bridgehead atoms. The number of nitrogens with zero attached hydrogens (tertiary/aromatic N) is 3. The zero-order chi connectivity index (χ0) is 19.6. The number of hydrogen-bond acceptors (Lipinski definition) is 4. The first-order valence-electron chi connectivity index (χ1n) is 10.3. The van der Waals surface area contributed by atoms with Gasteiger partial charge in [0.1, 0.15) is 5.82 Å². The van der Waals surface area contributed by atoms with E-state index in [9.17, 15) is 4.79 Å². The molecular formula is C23H24N4OS. The Kier molecular flexibility index (Phi) is 5.10. The van der Waals surface area contributed by atoms with Crippen LogP contribution in [0.1, 0.15) is 60.6 Å². The van der Waals surface area contributed by atoms with Crippen LogP contribution < -0.4 is 5.32 Å². The highest BCUT2D eigenvalue weighted by molar-refractivity contribution is 7.99. The fraction of sp³-hybridized carbons (Fsp3) is 0.348. The number of rotatable bonds is 8. The highest BCUT2D eigenvalue weighted by atomic mass is 32.2. The van der Waals surface area contributed by atoms with Crippen molar-refractivity contribution in [3.05, 3.63) is 77.6 Å². The minimum absolute atomic E-state index is 0.00558. The molecule has 2 aliphatic rings. The van der Waals surface area contributed by atoms with Gasteiger partial charge in [-0.2, -0.15) is 0 Å². The van der Waals surface area contributed by atoms with Crippen LogP contribution in [0.4, 0.5) is 0 Å². The summed E-state index contributed by atoms with van der Waals surface area (Å²) in [6.45, 7) is 0. The maximum atomic E-state index is 12.8. The molecule has 1 aromatic heterocycles. The lowest BCUT2D eigenvalue weighted by molar-refractivity contribution is -0.119. The Morgan fingerprint density at radius 1 is 0.966 bits per heavy atom. The van der Waals surface area contributed by atoms with Gasteiger partial charge in [0.05, 0.1) is 11.8 Å². The fourth-order valence-corrected chi connectivity index (χ4v) is 4.49. The summed E-state index contributed by atoms with van der Waals surface area (Å²) in [4.78, 5) is 12.8. The second-order valence-corrected chi connectivity index (χ2v) is 8.77. The predicted molar refractivity (Wildman–Crippen MR) is 114 cm³/mol. The lowest BCUT2D eigenvalue weighted by Gasteiger charge is -2.20. The third kappa shape index (κ3) is 4.22.